The predicted octanol–water partition coefficient (Wildman–Crippen LogP) is 6.32. The van der Waals surface area contributed by atoms with Crippen LogP contribution in [0.15, 0.2) is 55.0 Å². The van der Waals surface area contributed by atoms with Crippen LogP contribution in [0.25, 0.3) is 22.5 Å². The molecule has 0 radical (unpaired) electrons. The smallest absolute Gasteiger partial charge is 0.163 e. The molecule has 33 heavy (non-hydrogen) atoms. The molecule has 2 fully saturated rings. The van der Waals surface area contributed by atoms with Crippen molar-refractivity contribution < 1.29 is 0 Å². The van der Waals surface area contributed by atoms with E-state index in [1.807, 2.05) is 48.8 Å². The van der Waals surface area contributed by atoms with Crippen molar-refractivity contribution in [1.82, 2.24) is 19.9 Å². The van der Waals surface area contributed by atoms with Crippen LogP contribution in [0.4, 0.5) is 5.82 Å². The number of aromatic nitrogens is 3. The second-order valence-electron chi connectivity index (χ2n) is 9.38. The summed E-state index contributed by atoms with van der Waals surface area (Å²) < 4.78 is 0. The highest BCUT2D eigenvalue weighted by Crippen LogP contribution is 2.31. The van der Waals surface area contributed by atoms with Crippen molar-refractivity contribution in [3.8, 4) is 22.5 Å². The van der Waals surface area contributed by atoms with E-state index in [1.54, 1.807) is 6.20 Å². The lowest BCUT2D eigenvalue weighted by Crippen LogP contribution is -2.45. The molecule has 1 aliphatic heterocycles. The first-order valence-electron chi connectivity index (χ1n) is 12.3. The quantitative estimate of drug-likeness (QED) is 0.465. The Balaban J connectivity index is 1.35. The summed E-state index contributed by atoms with van der Waals surface area (Å²) in [5.41, 5.74) is 2.98. The molecular weight excluding hydrogens is 430 g/mol. The highest BCUT2D eigenvalue weighted by molar-refractivity contribution is 6.30. The van der Waals surface area contributed by atoms with Crippen molar-refractivity contribution in [2.24, 2.45) is 5.92 Å². The van der Waals surface area contributed by atoms with Crippen molar-refractivity contribution in [2.75, 3.05) is 25.0 Å². The van der Waals surface area contributed by atoms with Gasteiger partial charge in [0.05, 0.1) is 0 Å². The van der Waals surface area contributed by atoms with E-state index in [4.69, 9.17) is 16.6 Å². The van der Waals surface area contributed by atoms with Gasteiger partial charge < -0.3 is 10.2 Å². The van der Waals surface area contributed by atoms with Crippen molar-refractivity contribution in [2.45, 2.75) is 51.0 Å². The third kappa shape index (κ3) is 5.53. The third-order valence-electron chi connectivity index (χ3n) is 7.06. The van der Waals surface area contributed by atoms with E-state index in [0.29, 0.717) is 11.7 Å². The Hall–Kier alpha value is -2.50. The average Bonchev–Trinajstić information content (AvgIpc) is 2.89. The lowest BCUT2D eigenvalue weighted by molar-refractivity contribution is 0.102. The molecule has 1 unspecified atom stereocenters. The van der Waals surface area contributed by atoms with Gasteiger partial charge in [0, 0.05) is 53.9 Å². The number of rotatable bonds is 6. The number of hydrogen-bond donors (Lipinski definition) is 1. The van der Waals surface area contributed by atoms with Crippen LogP contribution in [0.1, 0.15) is 44.9 Å². The lowest BCUT2D eigenvalue weighted by atomic mass is 9.90. The van der Waals surface area contributed by atoms with Gasteiger partial charge in [-0.1, -0.05) is 43.0 Å². The Kier molecular flexibility index (Phi) is 7.18. The number of likely N-dealkylation sites (tertiary alicyclic amines) is 1. The molecule has 3 aromatic rings. The molecule has 2 aromatic heterocycles. The fourth-order valence-corrected chi connectivity index (χ4v) is 5.40. The average molecular weight is 462 g/mol. The predicted molar refractivity (Wildman–Crippen MR) is 135 cm³/mol. The van der Waals surface area contributed by atoms with Gasteiger partial charge in [-0.05, 0) is 68.0 Å². The molecule has 1 N–H and O–H groups in total. The number of hydrogen-bond acceptors (Lipinski definition) is 5. The topological polar surface area (TPSA) is 53.9 Å². The molecule has 2 aliphatic rings. The first-order chi connectivity index (χ1) is 16.3. The van der Waals surface area contributed by atoms with E-state index in [0.717, 1.165) is 40.1 Å². The highest BCUT2D eigenvalue weighted by atomic mass is 35.5. The third-order valence-corrected chi connectivity index (χ3v) is 7.32. The maximum atomic E-state index is 6.13. The molecule has 0 bridgehead atoms. The molecule has 5 rings (SSSR count). The molecule has 5 nitrogen and oxygen atoms in total. The summed E-state index contributed by atoms with van der Waals surface area (Å²) >= 11 is 6.13. The number of nitrogens with one attached hydrogen (secondary N) is 1. The monoisotopic (exact) mass is 461 g/mol. The molecule has 1 saturated carbocycles. The minimum absolute atomic E-state index is 0.635. The van der Waals surface area contributed by atoms with Gasteiger partial charge in [-0.2, -0.15) is 0 Å². The normalized spacial score (nSPS) is 20.0. The molecule has 0 amide bonds. The van der Waals surface area contributed by atoms with E-state index in [1.165, 1.54) is 58.0 Å². The summed E-state index contributed by atoms with van der Waals surface area (Å²) in [6, 6.07) is 12.6. The molecule has 6 heteroatoms. The minimum atomic E-state index is 0.635. The van der Waals surface area contributed by atoms with Gasteiger partial charge in [0.25, 0.3) is 0 Å². The summed E-state index contributed by atoms with van der Waals surface area (Å²) in [6.45, 7) is 3.37. The molecule has 1 atom stereocenters. The van der Waals surface area contributed by atoms with Gasteiger partial charge in [-0.25, -0.2) is 9.97 Å². The first kappa shape index (κ1) is 22.3. The summed E-state index contributed by atoms with van der Waals surface area (Å²) in [4.78, 5) is 16.6. The maximum absolute atomic E-state index is 6.13. The van der Waals surface area contributed by atoms with E-state index in [-0.39, 0.29) is 0 Å². The van der Waals surface area contributed by atoms with Crippen LogP contribution in [-0.4, -0.2) is 45.5 Å². The number of piperidine rings is 1. The SMILES string of the molecule is Clc1ccc(-c2cnc(-c3cccnc3)nc2NCC2CCCN(C3CCCCC3)C2)cc1. The Labute approximate surface area is 201 Å². The van der Waals surface area contributed by atoms with Crippen LogP contribution >= 0.6 is 11.6 Å². The summed E-state index contributed by atoms with van der Waals surface area (Å²) in [5, 5.41) is 4.43. The molecule has 3 heterocycles. The van der Waals surface area contributed by atoms with Crippen LogP contribution in [0, 0.1) is 5.92 Å². The molecule has 1 saturated heterocycles. The maximum Gasteiger partial charge on any atom is 0.163 e. The molecule has 1 aliphatic carbocycles. The second-order valence-corrected chi connectivity index (χ2v) is 9.82. The zero-order valence-electron chi connectivity index (χ0n) is 19.1. The Morgan fingerprint density at radius 2 is 1.79 bits per heavy atom. The van der Waals surface area contributed by atoms with E-state index in [9.17, 15) is 0 Å². The Morgan fingerprint density at radius 3 is 2.58 bits per heavy atom. The summed E-state index contributed by atoms with van der Waals surface area (Å²) in [5.74, 6) is 2.20. The van der Waals surface area contributed by atoms with Gasteiger partial charge >= 0.3 is 0 Å². The van der Waals surface area contributed by atoms with Crippen LogP contribution < -0.4 is 5.32 Å². The van der Waals surface area contributed by atoms with Crippen molar-refractivity contribution in [3.05, 3.63) is 60.0 Å². The van der Waals surface area contributed by atoms with Crippen molar-refractivity contribution >= 4 is 17.4 Å². The molecule has 1 aromatic carbocycles. The number of nitrogens with zero attached hydrogens (tertiary/aromatic N) is 4. The van der Waals surface area contributed by atoms with Crippen LogP contribution in [0.3, 0.4) is 0 Å². The van der Waals surface area contributed by atoms with Crippen LogP contribution in [0.5, 0.6) is 0 Å². The largest absolute Gasteiger partial charge is 0.369 e. The number of pyridine rings is 1. The number of halogens is 1. The summed E-state index contributed by atoms with van der Waals surface area (Å²) in [6.07, 6.45) is 15.0. The lowest BCUT2D eigenvalue weighted by Gasteiger charge is -2.40. The second kappa shape index (κ2) is 10.6. The standard InChI is InChI=1S/C27H32ClN5/c28-23-12-10-21(11-13-23)25-18-31-26(22-7-4-14-29-17-22)32-27(25)30-16-20-6-5-15-33(19-20)24-8-2-1-3-9-24/h4,7,10-14,17-18,20,24H,1-3,5-6,8-9,15-16,19H2,(H,30,31,32). The number of benzene rings is 1. The Morgan fingerprint density at radius 1 is 0.939 bits per heavy atom. The molecule has 172 valence electrons. The van der Waals surface area contributed by atoms with E-state index < -0.39 is 0 Å². The van der Waals surface area contributed by atoms with E-state index in [2.05, 4.69) is 20.2 Å². The van der Waals surface area contributed by atoms with Crippen LogP contribution in [0.2, 0.25) is 5.02 Å². The zero-order chi connectivity index (χ0) is 22.5. The van der Waals surface area contributed by atoms with Gasteiger partial charge in [-0.15, -0.1) is 0 Å². The van der Waals surface area contributed by atoms with Gasteiger partial charge in [-0.3, -0.25) is 4.98 Å². The highest BCUT2D eigenvalue weighted by Gasteiger charge is 2.27. The van der Waals surface area contributed by atoms with Gasteiger partial charge in [0.15, 0.2) is 5.82 Å². The van der Waals surface area contributed by atoms with Gasteiger partial charge in [0.1, 0.15) is 5.82 Å². The fraction of sp³-hybridized carbons (Fsp3) is 0.444. The molecule has 0 spiro atoms. The minimum Gasteiger partial charge on any atom is -0.369 e. The molecular formula is C27H32ClN5. The Bertz CT molecular complexity index is 1030. The fourth-order valence-electron chi connectivity index (χ4n) is 5.27. The zero-order valence-corrected chi connectivity index (χ0v) is 19.8. The number of anilines is 1. The van der Waals surface area contributed by atoms with Crippen LogP contribution in [-0.2, 0) is 0 Å². The van der Waals surface area contributed by atoms with E-state index >= 15 is 0 Å². The van der Waals surface area contributed by atoms with Gasteiger partial charge in [0.2, 0.25) is 0 Å². The summed E-state index contributed by atoms with van der Waals surface area (Å²) in [7, 11) is 0. The van der Waals surface area contributed by atoms with Crippen molar-refractivity contribution in [1.29, 1.82) is 0 Å². The first-order valence-corrected chi connectivity index (χ1v) is 12.7. The van der Waals surface area contributed by atoms with Crippen molar-refractivity contribution in [3.63, 3.8) is 0 Å².